The van der Waals surface area contributed by atoms with Gasteiger partial charge in [0.15, 0.2) is 0 Å². The van der Waals surface area contributed by atoms with Gasteiger partial charge in [-0.05, 0) is 35.9 Å². The summed E-state index contributed by atoms with van der Waals surface area (Å²) in [6, 6.07) is 14.2. The molecular formula is C29H30FN7O2. The lowest BCUT2D eigenvalue weighted by molar-refractivity contribution is -0.111. The van der Waals surface area contributed by atoms with E-state index in [0.717, 1.165) is 67.9 Å². The summed E-state index contributed by atoms with van der Waals surface area (Å²) in [5.74, 6) is 0.333. The summed E-state index contributed by atoms with van der Waals surface area (Å²) >= 11 is 0. The van der Waals surface area contributed by atoms with E-state index < -0.39 is 11.7 Å². The predicted octanol–water partition coefficient (Wildman–Crippen LogP) is 4.47. The van der Waals surface area contributed by atoms with E-state index >= 15 is 0 Å². The molecule has 2 N–H and O–H groups in total. The van der Waals surface area contributed by atoms with E-state index in [9.17, 15) is 9.18 Å². The first-order chi connectivity index (χ1) is 19.0. The monoisotopic (exact) mass is 527 g/mol. The highest BCUT2D eigenvalue weighted by atomic mass is 19.1. The summed E-state index contributed by atoms with van der Waals surface area (Å²) in [5.41, 5.74) is 3.03. The molecule has 2 aromatic carbocycles. The van der Waals surface area contributed by atoms with Gasteiger partial charge in [-0.15, -0.1) is 0 Å². The van der Waals surface area contributed by atoms with E-state index in [2.05, 4.69) is 37.0 Å². The van der Waals surface area contributed by atoms with E-state index in [4.69, 9.17) is 9.72 Å². The van der Waals surface area contributed by atoms with Gasteiger partial charge in [0.2, 0.25) is 11.9 Å². The van der Waals surface area contributed by atoms with Crippen LogP contribution in [0.25, 0.3) is 22.0 Å². The molecule has 5 rings (SSSR count). The van der Waals surface area contributed by atoms with Crippen molar-refractivity contribution in [2.45, 2.75) is 0 Å². The Hall–Kier alpha value is -4.41. The zero-order valence-electron chi connectivity index (χ0n) is 21.7. The van der Waals surface area contributed by atoms with Gasteiger partial charge in [-0.3, -0.25) is 9.69 Å². The van der Waals surface area contributed by atoms with E-state index in [0.29, 0.717) is 17.0 Å². The van der Waals surface area contributed by atoms with Crippen molar-refractivity contribution in [2.24, 2.45) is 0 Å². The topological polar surface area (TPSA) is 95.5 Å². The molecule has 1 aliphatic rings. The highest BCUT2D eigenvalue weighted by Gasteiger charge is 2.18. The number of pyridine rings is 1. The number of aromatic nitrogens is 3. The molecular weight excluding hydrogens is 497 g/mol. The number of methoxy groups -OCH3 is 1. The molecule has 2 aromatic heterocycles. The Morgan fingerprint density at radius 2 is 1.95 bits per heavy atom. The second kappa shape index (κ2) is 12.0. The maximum Gasteiger partial charge on any atom is 0.247 e. The van der Waals surface area contributed by atoms with Crippen molar-refractivity contribution in [1.82, 2.24) is 19.9 Å². The Labute approximate surface area is 226 Å². The van der Waals surface area contributed by atoms with Crippen molar-refractivity contribution in [3.8, 4) is 11.1 Å². The molecule has 0 radical (unpaired) electrons. The van der Waals surface area contributed by atoms with Crippen LogP contribution in [-0.4, -0.2) is 72.2 Å². The Morgan fingerprint density at radius 3 is 2.69 bits per heavy atom. The molecule has 0 bridgehead atoms. The number of ether oxygens (including phenoxy) is 1. The van der Waals surface area contributed by atoms with Crippen LogP contribution in [0.4, 0.5) is 27.5 Å². The van der Waals surface area contributed by atoms with Crippen molar-refractivity contribution >= 4 is 40.0 Å². The summed E-state index contributed by atoms with van der Waals surface area (Å²) < 4.78 is 19.5. The Balaban J connectivity index is 1.33. The van der Waals surface area contributed by atoms with Crippen molar-refractivity contribution in [3.63, 3.8) is 0 Å². The van der Waals surface area contributed by atoms with Gasteiger partial charge in [0.1, 0.15) is 11.6 Å². The van der Waals surface area contributed by atoms with Gasteiger partial charge < -0.3 is 20.3 Å². The molecule has 0 saturated carbocycles. The molecule has 200 valence electrons. The minimum atomic E-state index is -0.532. The molecule has 0 atom stereocenters. The minimum Gasteiger partial charge on any atom is -0.383 e. The average Bonchev–Trinajstić information content (AvgIpc) is 2.97. The first-order valence-electron chi connectivity index (χ1n) is 12.7. The molecule has 4 aromatic rings. The lowest BCUT2D eigenvalue weighted by Gasteiger charge is -2.35. The fourth-order valence-electron chi connectivity index (χ4n) is 4.52. The number of hydrogen-bond acceptors (Lipinski definition) is 8. The van der Waals surface area contributed by atoms with Crippen molar-refractivity contribution in [2.75, 3.05) is 62.0 Å². The van der Waals surface area contributed by atoms with Gasteiger partial charge in [0, 0.05) is 57.0 Å². The zero-order chi connectivity index (χ0) is 27.2. The fourth-order valence-corrected chi connectivity index (χ4v) is 4.52. The number of carbonyl (C=O) groups is 1. The maximum absolute atomic E-state index is 14.3. The van der Waals surface area contributed by atoms with Gasteiger partial charge in [-0.2, -0.15) is 0 Å². The van der Waals surface area contributed by atoms with Crippen LogP contribution in [0.3, 0.4) is 0 Å². The van der Waals surface area contributed by atoms with Gasteiger partial charge in [0.25, 0.3) is 0 Å². The van der Waals surface area contributed by atoms with Crippen LogP contribution in [0.15, 0.2) is 73.6 Å². The lowest BCUT2D eigenvalue weighted by atomic mass is 10.0. The molecule has 1 saturated heterocycles. The number of rotatable bonds is 9. The molecule has 0 aliphatic carbocycles. The number of hydrogen-bond donors (Lipinski definition) is 2. The molecule has 1 fully saturated rings. The number of piperazine rings is 1. The Morgan fingerprint density at radius 1 is 1.10 bits per heavy atom. The number of nitrogens with one attached hydrogen (secondary N) is 2. The largest absolute Gasteiger partial charge is 0.383 e. The number of halogens is 1. The van der Waals surface area contributed by atoms with E-state index in [1.54, 1.807) is 31.6 Å². The van der Waals surface area contributed by atoms with E-state index in [-0.39, 0.29) is 5.69 Å². The first-order valence-corrected chi connectivity index (χ1v) is 12.7. The molecule has 3 heterocycles. The summed E-state index contributed by atoms with van der Waals surface area (Å²) in [7, 11) is 1.73. The van der Waals surface area contributed by atoms with Gasteiger partial charge in [-0.25, -0.2) is 19.3 Å². The van der Waals surface area contributed by atoms with E-state index in [1.807, 2.05) is 30.3 Å². The molecule has 39 heavy (non-hydrogen) atoms. The number of nitrogens with zero attached hydrogens (tertiary/aromatic N) is 5. The van der Waals surface area contributed by atoms with Crippen molar-refractivity contribution < 1.29 is 13.9 Å². The maximum atomic E-state index is 14.3. The van der Waals surface area contributed by atoms with Gasteiger partial charge in [0.05, 0.1) is 29.7 Å². The van der Waals surface area contributed by atoms with Gasteiger partial charge in [-0.1, -0.05) is 30.8 Å². The summed E-state index contributed by atoms with van der Waals surface area (Å²) in [5, 5.41) is 6.57. The van der Waals surface area contributed by atoms with Crippen molar-refractivity contribution in [3.05, 3.63) is 79.4 Å². The lowest BCUT2D eigenvalue weighted by Crippen LogP contribution is -2.47. The first kappa shape index (κ1) is 26.2. The third-order valence-corrected chi connectivity index (χ3v) is 6.64. The predicted molar refractivity (Wildman–Crippen MR) is 152 cm³/mol. The standard InChI is InChI=1S/C29H30FN7O2/c1-3-27(38)34-25-17-20(7-9-24(25)30)23-6-4-5-21-18-32-29(35-28(21)23)33-22-8-10-26(31-19-22)37-13-11-36(12-14-37)15-16-39-2/h3-10,17-19H,1,11-16H2,2H3,(H,34,38)(H,32,33,35). The second-order valence-corrected chi connectivity index (χ2v) is 9.18. The number of fused-ring (bicyclic) bond motifs is 1. The number of benzene rings is 2. The quantitative estimate of drug-likeness (QED) is 0.308. The third-order valence-electron chi connectivity index (χ3n) is 6.64. The van der Waals surface area contributed by atoms with Crippen LogP contribution in [0.1, 0.15) is 0 Å². The smallest absolute Gasteiger partial charge is 0.247 e. The zero-order valence-corrected chi connectivity index (χ0v) is 21.7. The van der Waals surface area contributed by atoms with Crippen LogP contribution in [0, 0.1) is 5.82 Å². The average molecular weight is 528 g/mol. The number of amides is 1. The number of carbonyl (C=O) groups excluding carboxylic acids is 1. The van der Waals surface area contributed by atoms with Crippen LogP contribution in [0.5, 0.6) is 0 Å². The molecule has 0 unspecified atom stereocenters. The summed E-state index contributed by atoms with van der Waals surface area (Å²) in [6.45, 7) is 8.91. The number of anilines is 4. The number of para-hydroxylation sites is 1. The highest BCUT2D eigenvalue weighted by Crippen LogP contribution is 2.31. The van der Waals surface area contributed by atoms with Crippen LogP contribution in [-0.2, 0) is 9.53 Å². The van der Waals surface area contributed by atoms with Crippen LogP contribution in [0.2, 0.25) is 0 Å². The molecule has 1 aliphatic heterocycles. The Bertz CT molecular complexity index is 1470. The Kier molecular flexibility index (Phi) is 8.04. The minimum absolute atomic E-state index is 0.0735. The summed E-state index contributed by atoms with van der Waals surface area (Å²) in [4.78, 5) is 30.3. The normalized spacial score (nSPS) is 13.8. The molecule has 0 spiro atoms. The molecule has 10 heteroatoms. The molecule has 1 amide bonds. The fraction of sp³-hybridized carbons (Fsp3) is 0.241. The molecule has 9 nitrogen and oxygen atoms in total. The highest BCUT2D eigenvalue weighted by molar-refractivity contribution is 6.00. The third kappa shape index (κ3) is 6.19. The SMILES string of the molecule is C=CC(=O)Nc1cc(-c2cccc3cnc(Nc4ccc(N5CCN(CCOC)CC5)nc4)nc23)ccc1F. The van der Waals surface area contributed by atoms with E-state index in [1.165, 1.54) is 6.07 Å². The summed E-state index contributed by atoms with van der Waals surface area (Å²) in [6.07, 6.45) is 4.62. The van der Waals surface area contributed by atoms with Crippen LogP contribution < -0.4 is 15.5 Å². The van der Waals surface area contributed by atoms with Crippen LogP contribution >= 0.6 is 0 Å². The van der Waals surface area contributed by atoms with Gasteiger partial charge >= 0.3 is 0 Å². The second-order valence-electron chi connectivity index (χ2n) is 9.18. The van der Waals surface area contributed by atoms with Crippen molar-refractivity contribution in [1.29, 1.82) is 0 Å².